The summed E-state index contributed by atoms with van der Waals surface area (Å²) in [5.74, 6) is 0.722. The molecule has 0 spiro atoms. The molecule has 3 aromatic rings. The van der Waals surface area contributed by atoms with Gasteiger partial charge in [0, 0.05) is 18.1 Å². The molecule has 0 saturated heterocycles. The second kappa shape index (κ2) is 5.35. The monoisotopic (exact) mass is 276 g/mol. The third-order valence-corrected chi connectivity index (χ3v) is 2.98. The predicted octanol–water partition coefficient (Wildman–Crippen LogP) is 2.46. The van der Waals surface area contributed by atoms with E-state index < -0.39 is 0 Å². The molecular formula is C15H12N6. The molecule has 0 unspecified atom stereocenters. The van der Waals surface area contributed by atoms with Crippen LogP contribution in [-0.4, -0.2) is 14.8 Å². The molecule has 0 bridgehead atoms. The van der Waals surface area contributed by atoms with Crippen molar-refractivity contribution in [1.82, 2.24) is 14.8 Å². The molecule has 0 fully saturated rings. The lowest BCUT2D eigenvalue weighted by Crippen LogP contribution is -2.02. The average molecular weight is 276 g/mol. The second-order valence-corrected chi connectivity index (χ2v) is 4.33. The maximum absolute atomic E-state index is 9.30. The molecule has 0 amide bonds. The summed E-state index contributed by atoms with van der Waals surface area (Å²) in [5, 5.41) is 16.8. The minimum absolute atomic E-state index is 0.294. The highest BCUT2D eigenvalue weighted by atomic mass is 15.3. The van der Waals surface area contributed by atoms with Gasteiger partial charge in [-0.25, -0.2) is 4.68 Å². The summed E-state index contributed by atoms with van der Waals surface area (Å²) in [6.45, 7) is 0. The van der Waals surface area contributed by atoms with Gasteiger partial charge in [0.15, 0.2) is 5.82 Å². The van der Waals surface area contributed by atoms with E-state index in [1.807, 2.05) is 30.3 Å². The fourth-order valence-electron chi connectivity index (χ4n) is 1.97. The number of nitrogen functional groups attached to an aromatic ring is 1. The first-order valence-corrected chi connectivity index (χ1v) is 6.30. The maximum Gasteiger partial charge on any atom is 0.173 e. The number of pyridine rings is 1. The first kappa shape index (κ1) is 12.7. The molecule has 0 saturated carbocycles. The van der Waals surface area contributed by atoms with Crippen LogP contribution in [0.3, 0.4) is 0 Å². The zero-order valence-electron chi connectivity index (χ0n) is 11.1. The van der Waals surface area contributed by atoms with Crippen LogP contribution in [-0.2, 0) is 0 Å². The summed E-state index contributed by atoms with van der Waals surface area (Å²) in [4.78, 5) is 3.96. The average Bonchev–Trinajstić information content (AvgIpc) is 2.85. The number of nitrogens with one attached hydrogen (secondary N) is 1. The van der Waals surface area contributed by atoms with Gasteiger partial charge in [-0.1, -0.05) is 18.2 Å². The molecule has 0 atom stereocenters. The summed E-state index contributed by atoms with van der Waals surface area (Å²) in [6, 6.07) is 15.1. The van der Waals surface area contributed by atoms with E-state index in [1.165, 1.54) is 4.68 Å². The van der Waals surface area contributed by atoms with Crippen molar-refractivity contribution in [3.05, 3.63) is 60.4 Å². The van der Waals surface area contributed by atoms with Crippen molar-refractivity contribution >= 4 is 17.3 Å². The van der Waals surface area contributed by atoms with Crippen LogP contribution in [0, 0.1) is 11.3 Å². The molecule has 0 aliphatic rings. The molecule has 3 rings (SSSR count). The van der Waals surface area contributed by atoms with Crippen molar-refractivity contribution < 1.29 is 0 Å². The van der Waals surface area contributed by atoms with Gasteiger partial charge in [-0.05, 0) is 24.3 Å². The Morgan fingerprint density at radius 2 is 1.81 bits per heavy atom. The van der Waals surface area contributed by atoms with E-state index >= 15 is 0 Å². The molecule has 2 heterocycles. The van der Waals surface area contributed by atoms with Gasteiger partial charge in [-0.2, -0.15) is 5.26 Å². The fraction of sp³-hybridized carbons (Fsp3) is 0. The zero-order valence-corrected chi connectivity index (χ0v) is 11.1. The van der Waals surface area contributed by atoms with Crippen molar-refractivity contribution in [2.24, 2.45) is 0 Å². The van der Waals surface area contributed by atoms with Crippen LogP contribution in [0.25, 0.3) is 5.69 Å². The molecule has 21 heavy (non-hydrogen) atoms. The van der Waals surface area contributed by atoms with Crippen LogP contribution in [0.1, 0.15) is 5.56 Å². The SMILES string of the molecule is N#Cc1c(Nc2ccccc2)nn(-c2ccncc2)c1N. The Balaban J connectivity index is 2.04. The van der Waals surface area contributed by atoms with Gasteiger partial charge in [0.05, 0.1) is 5.69 Å². The highest BCUT2D eigenvalue weighted by Gasteiger charge is 2.16. The summed E-state index contributed by atoms with van der Waals surface area (Å²) in [5.41, 5.74) is 7.92. The number of hydrogen-bond acceptors (Lipinski definition) is 5. The number of hydrogen-bond donors (Lipinski definition) is 2. The molecule has 1 aromatic carbocycles. The smallest absolute Gasteiger partial charge is 0.173 e. The molecule has 102 valence electrons. The summed E-state index contributed by atoms with van der Waals surface area (Å²) in [7, 11) is 0. The highest BCUT2D eigenvalue weighted by Crippen LogP contribution is 2.26. The summed E-state index contributed by atoms with van der Waals surface area (Å²) < 4.78 is 1.52. The Kier molecular flexibility index (Phi) is 3.23. The maximum atomic E-state index is 9.30. The number of nitriles is 1. The van der Waals surface area contributed by atoms with Crippen molar-refractivity contribution in [3.8, 4) is 11.8 Å². The van der Waals surface area contributed by atoms with Gasteiger partial charge < -0.3 is 11.1 Å². The number of benzene rings is 1. The zero-order chi connectivity index (χ0) is 14.7. The van der Waals surface area contributed by atoms with Gasteiger partial charge in [-0.15, -0.1) is 5.10 Å². The first-order valence-electron chi connectivity index (χ1n) is 6.30. The normalized spacial score (nSPS) is 10.0. The third-order valence-electron chi connectivity index (χ3n) is 2.98. The topological polar surface area (TPSA) is 92.5 Å². The van der Waals surface area contributed by atoms with E-state index in [1.54, 1.807) is 24.5 Å². The van der Waals surface area contributed by atoms with Gasteiger partial charge in [-0.3, -0.25) is 4.98 Å². The van der Waals surface area contributed by atoms with Crippen LogP contribution in [0.15, 0.2) is 54.9 Å². The Hall–Kier alpha value is -3.33. The van der Waals surface area contributed by atoms with E-state index in [2.05, 4.69) is 21.5 Å². The van der Waals surface area contributed by atoms with Crippen molar-refractivity contribution in [1.29, 1.82) is 5.26 Å². The molecule has 6 nitrogen and oxygen atoms in total. The number of rotatable bonds is 3. The van der Waals surface area contributed by atoms with E-state index in [-0.39, 0.29) is 0 Å². The van der Waals surface area contributed by atoms with E-state index in [0.717, 1.165) is 11.4 Å². The quantitative estimate of drug-likeness (QED) is 0.766. The predicted molar refractivity (Wildman–Crippen MR) is 80.2 cm³/mol. The first-order chi connectivity index (χ1) is 10.3. The second-order valence-electron chi connectivity index (χ2n) is 4.33. The lowest BCUT2D eigenvalue weighted by molar-refractivity contribution is 0.892. The van der Waals surface area contributed by atoms with Gasteiger partial charge in [0.2, 0.25) is 0 Å². The minimum Gasteiger partial charge on any atom is -0.382 e. The van der Waals surface area contributed by atoms with Crippen molar-refractivity contribution in [2.45, 2.75) is 0 Å². The number of anilines is 3. The van der Waals surface area contributed by atoms with Crippen LogP contribution in [0.5, 0.6) is 0 Å². The highest BCUT2D eigenvalue weighted by molar-refractivity contribution is 5.70. The molecule has 0 aliphatic carbocycles. The van der Waals surface area contributed by atoms with Gasteiger partial charge in [0.1, 0.15) is 17.5 Å². The Morgan fingerprint density at radius 3 is 2.48 bits per heavy atom. The Bertz CT molecular complexity index is 786. The van der Waals surface area contributed by atoms with E-state index in [4.69, 9.17) is 5.73 Å². The summed E-state index contributed by atoms with van der Waals surface area (Å²) in [6.07, 6.45) is 3.29. The van der Waals surface area contributed by atoms with Crippen molar-refractivity contribution in [3.63, 3.8) is 0 Å². The number of nitrogens with zero attached hydrogens (tertiary/aromatic N) is 4. The van der Waals surface area contributed by atoms with Crippen LogP contribution in [0.2, 0.25) is 0 Å². The molecule has 0 radical (unpaired) electrons. The standard InChI is InChI=1S/C15H12N6/c16-10-13-14(17)21(12-6-8-18-9-7-12)20-15(13)19-11-4-2-1-3-5-11/h1-9H,17H2,(H,19,20). The fourth-order valence-corrected chi connectivity index (χ4v) is 1.97. The van der Waals surface area contributed by atoms with Crippen LogP contribution >= 0.6 is 0 Å². The molecule has 2 aromatic heterocycles. The number of nitrogens with two attached hydrogens (primary N) is 1. The van der Waals surface area contributed by atoms with E-state index in [9.17, 15) is 5.26 Å². The lowest BCUT2D eigenvalue weighted by atomic mass is 10.3. The molecule has 6 heteroatoms. The summed E-state index contributed by atoms with van der Waals surface area (Å²) >= 11 is 0. The number of aromatic nitrogens is 3. The van der Waals surface area contributed by atoms with E-state index in [0.29, 0.717) is 17.2 Å². The Labute approximate surface area is 121 Å². The largest absolute Gasteiger partial charge is 0.382 e. The van der Waals surface area contributed by atoms with Gasteiger partial charge in [0.25, 0.3) is 0 Å². The molecule has 0 aliphatic heterocycles. The van der Waals surface area contributed by atoms with Crippen molar-refractivity contribution in [2.75, 3.05) is 11.1 Å². The molecule has 3 N–H and O–H groups in total. The lowest BCUT2D eigenvalue weighted by Gasteiger charge is -2.03. The number of para-hydroxylation sites is 1. The van der Waals surface area contributed by atoms with Gasteiger partial charge >= 0.3 is 0 Å². The third kappa shape index (κ3) is 2.40. The van der Waals surface area contributed by atoms with Crippen LogP contribution in [0.4, 0.5) is 17.3 Å². The van der Waals surface area contributed by atoms with Crippen LogP contribution < -0.4 is 11.1 Å². The minimum atomic E-state index is 0.294. The Morgan fingerprint density at radius 1 is 1.10 bits per heavy atom. The molecular weight excluding hydrogens is 264 g/mol.